The predicted octanol–water partition coefficient (Wildman–Crippen LogP) is 3.23. The molecule has 19 heavy (non-hydrogen) atoms. The number of piperidine rings is 1. The fourth-order valence-corrected chi connectivity index (χ4v) is 3.77. The van der Waals surface area contributed by atoms with Gasteiger partial charge >= 0.3 is 0 Å². The van der Waals surface area contributed by atoms with Crippen molar-refractivity contribution < 1.29 is 0 Å². The summed E-state index contributed by atoms with van der Waals surface area (Å²) in [5.41, 5.74) is 4.94. The SMILES string of the molecule is CCC(C)N1CC2(CCNCC2)c2cc(C)ccc21. The Morgan fingerprint density at radius 3 is 2.74 bits per heavy atom. The number of anilines is 1. The van der Waals surface area contributed by atoms with Crippen LogP contribution in [0.1, 0.15) is 44.2 Å². The Morgan fingerprint density at radius 2 is 2.05 bits per heavy atom. The maximum atomic E-state index is 3.52. The first-order valence-corrected chi connectivity index (χ1v) is 7.75. The molecule has 2 aliphatic rings. The molecule has 1 aromatic rings. The number of hydrogen-bond donors (Lipinski definition) is 1. The summed E-state index contributed by atoms with van der Waals surface area (Å²) in [6.45, 7) is 10.4. The molecule has 0 radical (unpaired) electrons. The van der Waals surface area contributed by atoms with E-state index in [-0.39, 0.29) is 0 Å². The number of fused-ring (bicyclic) bond motifs is 2. The van der Waals surface area contributed by atoms with E-state index >= 15 is 0 Å². The molecule has 1 fully saturated rings. The number of nitrogens with one attached hydrogen (secondary N) is 1. The van der Waals surface area contributed by atoms with E-state index in [1.165, 1.54) is 50.1 Å². The van der Waals surface area contributed by atoms with E-state index in [1.54, 1.807) is 5.56 Å². The van der Waals surface area contributed by atoms with Crippen molar-refractivity contribution in [3.63, 3.8) is 0 Å². The van der Waals surface area contributed by atoms with Gasteiger partial charge in [0.15, 0.2) is 0 Å². The minimum absolute atomic E-state index is 0.413. The standard InChI is InChI=1S/C17H26N2/c1-4-14(3)19-12-17(7-9-18-10-8-17)15-11-13(2)5-6-16(15)19/h5-6,11,14,18H,4,7-10,12H2,1-3H3. The van der Waals surface area contributed by atoms with Crippen LogP contribution in [0.25, 0.3) is 0 Å². The largest absolute Gasteiger partial charge is 0.368 e. The maximum absolute atomic E-state index is 3.52. The minimum atomic E-state index is 0.413. The number of rotatable bonds is 2. The zero-order chi connectivity index (χ0) is 13.5. The summed E-state index contributed by atoms with van der Waals surface area (Å²) in [6.07, 6.45) is 3.80. The first-order chi connectivity index (χ1) is 9.16. The highest BCUT2D eigenvalue weighted by Crippen LogP contribution is 2.47. The molecule has 0 saturated carbocycles. The van der Waals surface area contributed by atoms with E-state index in [0.717, 1.165) is 0 Å². The molecule has 1 spiro atoms. The van der Waals surface area contributed by atoms with Crippen LogP contribution in [0.15, 0.2) is 18.2 Å². The van der Waals surface area contributed by atoms with E-state index in [1.807, 2.05) is 0 Å². The highest BCUT2D eigenvalue weighted by Gasteiger charge is 2.44. The lowest BCUT2D eigenvalue weighted by molar-refractivity contribution is 0.320. The predicted molar refractivity (Wildman–Crippen MR) is 82.1 cm³/mol. The molecule has 2 aliphatic heterocycles. The zero-order valence-corrected chi connectivity index (χ0v) is 12.5. The first-order valence-electron chi connectivity index (χ1n) is 7.75. The van der Waals surface area contributed by atoms with E-state index in [2.05, 4.69) is 49.2 Å². The molecule has 1 unspecified atom stereocenters. The van der Waals surface area contributed by atoms with Crippen molar-refractivity contribution >= 4 is 5.69 Å². The van der Waals surface area contributed by atoms with Gasteiger partial charge in [0.05, 0.1) is 0 Å². The van der Waals surface area contributed by atoms with Gasteiger partial charge in [-0.3, -0.25) is 0 Å². The summed E-state index contributed by atoms with van der Waals surface area (Å²) in [5, 5.41) is 3.52. The molecule has 0 amide bonds. The van der Waals surface area contributed by atoms with Gasteiger partial charge < -0.3 is 10.2 Å². The third-order valence-electron chi connectivity index (χ3n) is 5.19. The average Bonchev–Trinajstić information content (AvgIpc) is 2.73. The summed E-state index contributed by atoms with van der Waals surface area (Å²) >= 11 is 0. The summed E-state index contributed by atoms with van der Waals surface area (Å²) in [5.74, 6) is 0. The lowest BCUT2D eigenvalue weighted by atomic mass is 9.74. The van der Waals surface area contributed by atoms with Crippen LogP contribution in [0.3, 0.4) is 0 Å². The van der Waals surface area contributed by atoms with Crippen LogP contribution in [-0.2, 0) is 5.41 Å². The Balaban J connectivity index is 2.04. The zero-order valence-electron chi connectivity index (χ0n) is 12.5. The van der Waals surface area contributed by atoms with Crippen molar-refractivity contribution in [2.24, 2.45) is 0 Å². The van der Waals surface area contributed by atoms with Crippen molar-refractivity contribution in [2.45, 2.75) is 51.5 Å². The summed E-state index contributed by atoms with van der Waals surface area (Å²) < 4.78 is 0. The van der Waals surface area contributed by atoms with Gasteiger partial charge in [0.1, 0.15) is 0 Å². The highest BCUT2D eigenvalue weighted by atomic mass is 15.2. The van der Waals surface area contributed by atoms with Crippen LogP contribution in [0.2, 0.25) is 0 Å². The smallest absolute Gasteiger partial charge is 0.0408 e. The molecule has 1 saturated heterocycles. The molecule has 2 heterocycles. The summed E-state index contributed by atoms with van der Waals surface area (Å²) in [6, 6.07) is 7.72. The van der Waals surface area contributed by atoms with E-state index in [4.69, 9.17) is 0 Å². The number of benzene rings is 1. The highest BCUT2D eigenvalue weighted by molar-refractivity contribution is 5.64. The Hall–Kier alpha value is -1.02. The molecule has 2 nitrogen and oxygen atoms in total. The van der Waals surface area contributed by atoms with Gasteiger partial charge in [0.25, 0.3) is 0 Å². The normalized spacial score (nSPS) is 22.6. The van der Waals surface area contributed by atoms with Crippen molar-refractivity contribution in [1.82, 2.24) is 5.32 Å². The number of nitrogens with zero attached hydrogens (tertiary/aromatic N) is 1. The third kappa shape index (κ3) is 2.06. The van der Waals surface area contributed by atoms with Crippen molar-refractivity contribution in [3.05, 3.63) is 29.3 Å². The minimum Gasteiger partial charge on any atom is -0.368 e. The Labute approximate surface area is 117 Å². The van der Waals surface area contributed by atoms with Crippen molar-refractivity contribution in [1.29, 1.82) is 0 Å². The van der Waals surface area contributed by atoms with Crippen LogP contribution in [0.4, 0.5) is 5.69 Å². The second kappa shape index (κ2) is 4.82. The fourth-order valence-electron chi connectivity index (χ4n) is 3.77. The fraction of sp³-hybridized carbons (Fsp3) is 0.647. The lowest BCUT2D eigenvalue weighted by Gasteiger charge is -2.36. The molecule has 2 heteroatoms. The van der Waals surface area contributed by atoms with E-state index in [9.17, 15) is 0 Å². The van der Waals surface area contributed by atoms with Crippen LogP contribution >= 0.6 is 0 Å². The Bertz CT molecular complexity index is 460. The Morgan fingerprint density at radius 1 is 1.32 bits per heavy atom. The van der Waals surface area contributed by atoms with Crippen LogP contribution in [0, 0.1) is 6.92 Å². The molecule has 1 N–H and O–H groups in total. The monoisotopic (exact) mass is 258 g/mol. The molecular weight excluding hydrogens is 232 g/mol. The molecule has 1 aromatic carbocycles. The first kappa shape index (κ1) is 13.0. The summed E-state index contributed by atoms with van der Waals surface area (Å²) in [7, 11) is 0. The summed E-state index contributed by atoms with van der Waals surface area (Å²) in [4.78, 5) is 2.65. The van der Waals surface area contributed by atoms with Gasteiger partial charge in [-0.25, -0.2) is 0 Å². The van der Waals surface area contributed by atoms with E-state index < -0.39 is 0 Å². The van der Waals surface area contributed by atoms with Gasteiger partial charge in [-0.15, -0.1) is 0 Å². The van der Waals surface area contributed by atoms with E-state index in [0.29, 0.717) is 11.5 Å². The molecule has 3 rings (SSSR count). The van der Waals surface area contributed by atoms with Crippen LogP contribution < -0.4 is 10.2 Å². The van der Waals surface area contributed by atoms with Crippen LogP contribution in [-0.4, -0.2) is 25.7 Å². The van der Waals surface area contributed by atoms with Crippen molar-refractivity contribution in [3.8, 4) is 0 Å². The molecule has 104 valence electrons. The quantitative estimate of drug-likeness (QED) is 0.876. The van der Waals surface area contributed by atoms with Gasteiger partial charge in [0, 0.05) is 23.7 Å². The Kier molecular flexibility index (Phi) is 3.30. The molecule has 0 bridgehead atoms. The number of aryl methyl sites for hydroxylation is 1. The van der Waals surface area contributed by atoms with Gasteiger partial charge in [-0.05, 0) is 57.8 Å². The lowest BCUT2D eigenvalue weighted by Crippen LogP contribution is -2.44. The molecular formula is C17H26N2. The maximum Gasteiger partial charge on any atom is 0.0408 e. The van der Waals surface area contributed by atoms with Crippen molar-refractivity contribution in [2.75, 3.05) is 24.5 Å². The van der Waals surface area contributed by atoms with Gasteiger partial charge in [-0.1, -0.05) is 24.6 Å². The molecule has 0 aliphatic carbocycles. The van der Waals surface area contributed by atoms with Gasteiger partial charge in [0.2, 0.25) is 0 Å². The van der Waals surface area contributed by atoms with Gasteiger partial charge in [-0.2, -0.15) is 0 Å². The second-order valence-corrected chi connectivity index (χ2v) is 6.44. The van der Waals surface area contributed by atoms with Crippen LogP contribution in [0.5, 0.6) is 0 Å². The average molecular weight is 258 g/mol. The molecule has 0 aromatic heterocycles. The second-order valence-electron chi connectivity index (χ2n) is 6.44. The third-order valence-corrected chi connectivity index (χ3v) is 5.19. The number of hydrogen-bond acceptors (Lipinski definition) is 2. The topological polar surface area (TPSA) is 15.3 Å². The molecule has 1 atom stereocenters.